The van der Waals surface area contributed by atoms with Gasteiger partial charge in [0.2, 0.25) is 5.95 Å². The Kier molecular flexibility index (Phi) is 5.01. The Hall–Kier alpha value is -2.12. The quantitative estimate of drug-likeness (QED) is 0.704. The second-order valence-electron chi connectivity index (χ2n) is 5.63. The van der Waals surface area contributed by atoms with Crippen LogP contribution in [0.15, 0.2) is 29.9 Å². The SMILES string of the molecule is CC(C)c1ccc(OCc2nc(Nc3ncn(C)n3)cs2)c(Cl)c1. The number of aryl methyl sites for hydroxylation is 1. The predicted molar refractivity (Wildman–Crippen MR) is 96.3 cm³/mol. The molecule has 3 aromatic rings. The van der Waals surface area contributed by atoms with Gasteiger partial charge in [-0.25, -0.2) is 9.97 Å². The molecule has 24 heavy (non-hydrogen) atoms. The van der Waals surface area contributed by atoms with Crippen LogP contribution in [0.25, 0.3) is 0 Å². The van der Waals surface area contributed by atoms with Crippen molar-refractivity contribution in [1.29, 1.82) is 0 Å². The number of hydrogen-bond acceptors (Lipinski definition) is 6. The zero-order chi connectivity index (χ0) is 17.1. The van der Waals surface area contributed by atoms with E-state index in [4.69, 9.17) is 16.3 Å². The van der Waals surface area contributed by atoms with E-state index in [1.807, 2.05) is 30.6 Å². The molecule has 3 rings (SSSR count). The van der Waals surface area contributed by atoms with E-state index in [-0.39, 0.29) is 0 Å². The van der Waals surface area contributed by atoms with E-state index in [0.717, 1.165) is 5.01 Å². The molecular formula is C16H18ClN5OS. The van der Waals surface area contributed by atoms with Gasteiger partial charge in [-0.2, -0.15) is 0 Å². The molecule has 2 aromatic heterocycles. The van der Waals surface area contributed by atoms with Crippen molar-refractivity contribution < 1.29 is 4.74 Å². The van der Waals surface area contributed by atoms with Crippen LogP contribution >= 0.6 is 22.9 Å². The zero-order valence-electron chi connectivity index (χ0n) is 13.7. The van der Waals surface area contributed by atoms with E-state index in [2.05, 4.69) is 34.2 Å². The van der Waals surface area contributed by atoms with Gasteiger partial charge in [-0.1, -0.05) is 31.5 Å². The van der Waals surface area contributed by atoms with Crippen LogP contribution in [0.3, 0.4) is 0 Å². The van der Waals surface area contributed by atoms with Crippen LogP contribution in [0.2, 0.25) is 5.02 Å². The summed E-state index contributed by atoms with van der Waals surface area (Å²) >= 11 is 7.79. The average molecular weight is 364 g/mol. The van der Waals surface area contributed by atoms with Crippen molar-refractivity contribution in [2.24, 2.45) is 7.05 Å². The molecule has 0 fully saturated rings. The molecule has 0 spiro atoms. The number of nitrogens with zero attached hydrogens (tertiary/aromatic N) is 4. The number of anilines is 2. The molecule has 0 atom stereocenters. The first-order chi connectivity index (χ1) is 11.5. The smallest absolute Gasteiger partial charge is 0.247 e. The van der Waals surface area contributed by atoms with Crippen molar-refractivity contribution in [1.82, 2.24) is 19.7 Å². The summed E-state index contributed by atoms with van der Waals surface area (Å²) in [4.78, 5) is 8.56. The summed E-state index contributed by atoms with van der Waals surface area (Å²) in [5.74, 6) is 2.31. The molecule has 1 N–H and O–H groups in total. The third kappa shape index (κ3) is 4.04. The highest BCUT2D eigenvalue weighted by Crippen LogP contribution is 2.29. The number of hydrogen-bond donors (Lipinski definition) is 1. The van der Waals surface area contributed by atoms with Crippen molar-refractivity contribution in [2.75, 3.05) is 5.32 Å². The summed E-state index contributed by atoms with van der Waals surface area (Å²) in [6.45, 7) is 4.63. The summed E-state index contributed by atoms with van der Waals surface area (Å²) in [5.41, 5.74) is 1.19. The van der Waals surface area contributed by atoms with Crippen LogP contribution in [0.1, 0.15) is 30.3 Å². The molecule has 0 saturated carbocycles. The maximum atomic E-state index is 6.28. The number of thiazole rings is 1. The minimum atomic E-state index is 0.364. The lowest BCUT2D eigenvalue weighted by Crippen LogP contribution is -1.98. The summed E-state index contributed by atoms with van der Waals surface area (Å²) in [6.07, 6.45) is 1.63. The third-order valence-corrected chi connectivity index (χ3v) is 4.48. The van der Waals surface area contributed by atoms with Crippen LogP contribution in [0.4, 0.5) is 11.8 Å². The van der Waals surface area contributed by atoms with Crippen molar-refractivity contribution in [3.63, 3.8) is 0 Å². The standard InChI is InChI=1S/C16H18ClN5OS/c1-10(2)11-4-5-13(12(17)6-11)23-7-15-19-14(8-24-15)20-16-18-9-22(3)21-16/h4-6,8-10H,7H2,1-3H3,(H,20,21). The Balaban J connectivity index is 1.61. The van der Waals surface area contributed by atoms with Gasteiger partial charge in [-0.05, 0) is 23.6 Å². The van der Waals surface area contributed by atoms with Gasteiger partial charge in [-0.15, -0.1) is 16.4 Å². The van der Waals surface area contributed by atoms with Gasteiger partial charge in [0.15, 0.2) is 0 Å². The van der Waals surface area contributed by atoms with Crippen molar-refractivity contribution in [2.45, 2.75) is 26.4 Å². The Bertz CT molecular complexity index is 829. The minimum absolute atomic E-state index is 0.364. The normalized spacial score (nSPS) is 11.0. The van der Waals surface area contributed by atoms with Gasteiger partial charge in [0.1, 0.15) is 29.5 Å². The number of nitrogens with one attached hydrogen (secondary N) is 1. The van der Waals surface area contributed by atoms with Gasteiger partial charge >= 0.3 is 0 Å². The monoisotopic (exact) mass is 363 g/mol. The van der Waals surface area contributed by atoms with E-state index < -0.39 is 0 Å². The van der Waals surface area contributed by atoms with Gasteiger partial charge in [0.25, 0.3) is 0 Å². The molecule has 0 amide bonds. The van der Waals surface area contributed by atoms with Crippen LogP contribution in [-0.2, 0) is 13.7 Å². The fourth-order valence-corrected chi connectivity index (χ4v) is 2.96. The van der Waals surface area contributed by atoms with Crippen molar-refractivity contribution in [3.05, 3.63) is 45.5 Å². The third-order valence-electron chi connectivity index (χ3n) is 3.36. The predicted octanol–water partition coefficient (Wildman–Crippen LogP) is 4.37. The Morgan fingerprint density at radius 3 is 2.88 bits per heavy atom. The molecule has 8 heteroatoms. The molecule has 0 aliphatic rings. The first kappa shape index (κ1) is 16.7. The zero-order valence-corrected chi connectivity index (χ0v) is 15.2. The fourth-order valence-electron chi connectivity index (χ4n) is 2.08. The minimum Gasteiger partial charge on any atom is -0.485 e. The maximum absolute atomic E-state index is 6.28. The van der Waals surface area contributed by atoms with Gasteiger partial charge in [0.05, 0.1) is 5.02 Å². The fraction of sp³-hybridized carbons (Fsp3) is 0.312. The molecule has 0 unspecified atom stereocenters. The van der Waals surface area contributed by atoms with E-state index in [0.29, 0.717) is 35.1 Å². The molecule has 0 saturated heterocycles. The molecule has 126 valence electrons. The van der Waals surface area contributed by atoms with E-state index in [1.165, 1.54) is 16.9 Å². The second kappa shape index (κ2) is 7.19. The Morgan fingerprint density at radius 2 is 2.21 bits per heavy atom. The van der Waals surface area contributed by atoms with Crippen LogP contribution in [0.5, 0.6) is 5.75 Å². The average Bonchev–Trinajstić information content (AvgIpc) is 3.15. The van der Waals surface area contributed by atoms with E-state index >= 15 is 0 Å². The molecule has 0 radical (unpaired) electrons. The highest BCUT2D eigenvalue weighted by molar-refractivity contribution is 7.10. The second-order valence-corrected chi connectivity index (χ2v) is 6.98. The Labute approximate surface area is 149 Å². The molecule has 0 aliphatic heterocycles. The molecule has 1 aromatic carbocycles. The van der Waals surface area contributed by atoms with Crippen LogP contribution in [0, 0.1) is 0 Å². The lowest BCUT2D eigenvalue weighted by Gasteiger charge is -2.10. The number of ether oxygens (including phenoxy) is 1. The van der Waals surface area contributed by atoms with E-state index in [1.54, 1.807) is 11.0 Å². The van der Waals surface area contributed by atoms with E-state index in [9.17, 15) is 0 Å². The first-order valence-corrected chi connectivity index (χ1v) is 8.76. The van der Waals surface area contributed by atoms with Gasteiger partial charge in [0, 0.05) is 12.4 Å². The molecular weight excluding hydrogens is 346 g/mol. The summed E-state index contributed by atoms with van der Waals surface area (Å²) < 4.78 is 7.40. The van der Waals surface area contributed by atoms with Crippen molar-refractivity contribution >= 4 is 34.7 Å². The first-order valence-electron chi connectivity index (χ1n) is 7.50. The number of rotatable bonds is 6. The Morgan fingerprint density at radius 1 is 1.38 bits per heavy atom. The maximum Gasteiger partial charge on any atom is 0.247 e. The molecule has 2 heterocycles. The molecule has 0 aliphatic carbocycles. The van der Waals surface area contributed by atoms with Crippen LogP contribution in [-0.4, -0.2) is 19.7 Å². The lowest BCUT2D eigenvalue weighted by atomic mass is 10.0. The topological polar surface area (TPSA) is 64.9 Å². The number of aromatic nitrogens is 4. The van der Waals surface area contributed by atoms with Crippen molar-refractivity contribution in [3.8, 4) is 5.75 Å². The van der Waals surface area contributed by atoms with Gasteiger partial charge in [-0.3, -0.25) is 4.68 Å². The largest absolute Gasteiger partial charge is 0.485 e. The summed E-state index contributed by atoms with van der Waals surface area (Å²) in [6, 6.07) is 5.89. The van der Waals surface area contributed by atoms with Crippen LogP contribution < -0.4 is 10.1 Å². The highest BCUT2D eigenvalue weighted by atomic mass is 35.5. The summed E-state index contributed by atoms with van der Waals surface area (Å²) in [5, 5.41) is 10.6. The number of benzene rings is 1. The number of halogens is 1. The summed E-state index contributed by atoms with van der Waals surface area (Å²) in [7, 11) is 1.81. The molecule has 0 bridgehead atoms. The lowest BCUT2D eigenvalue weighted by molar-refractivity contribution is 0.306. The highest BCUT2D eigenvalue weighted by Gasteiger charge is 2.09. The van der Waals surface area contributed by atoms with Gasteiger partial charge < -0.3 is 10.1 Å². The molecule has 6 nitrogen and oxygen atoms in total.